The van der Waals surface area contributed by atoms with Crippen LogP contribution < -0.4 is 11.1 Å². The molecule has 0 aliphatic heterocycles. The van der Waals surface area contributed by atoms with E-state index in [0.29, 0.717) is 26.6 Å². The maximum atomic E-state index is 13.1. The number of hydrogen-bond donors (Lipinski definition) is 2. The van der Waals surface area contributed by atoms with Crippen molar-refractivity contribution in [3.05, 3.63) is 54.2 Å². The summed E-state index contributed by atoms with van der Waals surface area (Å²) in [6.07, 6.45) is 2.51. The van der Waals surface area contributed by atoms with Crippen molar-refractivity contribution in [3.8, 4) is 0 Å². The van der Waals surface area contributed by atoms with Crippen molar-refractivity contribution in [2.24, 2.45) is 17.1 Å². The smallest absolute Gasteiger partial charge is 0.287 e. The van der Waals surface area contributed by atoms with Crippen molar-refractivity contribution in [1.29, 1.82) is 0 Å². The standard InChI is InChI=1S/C22H22ClN3O4S2/c1-22(2,3)10-7-8-11-14(9-10)31-21(15(11)19(24)27)25-20(28)18-16(23)12-5-4-6-13(26(29)30)17(12)32-18/h4-6,10H,7-9H2,1-3H3,(H2,24,27)(H,25,28). The molecular weight excluding hydrogens is 470 g/mol. The Labute approximate surface area is 197 Å². The first kappa shape index (κ1) is 22.7. The Bertz CT molecular complexity index is 1270. The molecule has 1 aliphatic rings. The molecule has 0 saturated heterocycles. The Kier molecular flexibility index (Phi) is 5.77. The van der Waals surface area contributed by atoms with Gasteiger partial charge in [0.25, 0.3) is 17.5 Å². The van der Waals surface area contributed by atoms with Crippen molar-refractivity contribution in [2.45, 2.75) is 40.0 Å². The van der Waals surface area contributed by atoms with E-state index in [0.717, 1.165) is 41.0 Å². The molecule has 1 aliphatic carbocycles. The van der Waals surface area contributed by atoms with Gasteiger partial charge in [-0.15, -0.1) is 22.7 Å². The molecule has 168 valence electrons. The van der Waals surface area contributed by atoms with Crippen molar-refractivity contribution in [2.75, 3.05) is 5.32 Å². The fraction of sp³-hybridized carbons (Fsp3) is 0.364. The highest BCUT2D eigenvalue weighted by atomic mass is 35.5. The molecule has 0 bridgehead atoms. The molecule has 2 aromatic heterocycles. The number of halogens is 1. The van der Waals surface area contributed by atoms with E-state index in [1.165, 1.54) is 23.5 Å². The average Bonchev–Trinajstić information content (AvgIpc) is 3.24. The molecule has 7 nitrogen and oxygen atoms in total. The van der Waals surface area contributed by atoms with Gasteiger partial charge in [-0.2, -0.15) is 0 Å². The van der Waals surface area contributed by atoms with Gasteiger partial charge in [-0.05, 0) is 36.2 Å². The first-order valence-corrected chi connectivity index (χ1v) is 12.1. The van der Waals surface area contributed by atoms with Gasteiger partial charge >= 0.3 is 0 Å². The van der Waals surface area contributed by atoms with Gasteiger partial charge in [-0.3, -0.25) is 19.7 Å². The number of primary amides is 1. The minimum absolute atomic E-state index is 0.105. The Morgan fingerprint density at radius 2 is 2.00 bits per heavy atom. The lowest BCUT2D eigenvalue weighted by Gasteiger charge is -2.33. The predicted octanol–water partition coefficient (Wildman–Crippen LogP) is 6.03. The summed E-state index contributed by atoms with van der Waals surface area (Å²) in [6, 6.07) is 4.55. The average molecular weight is 492 g/mol. The molecule has 3 N–H and O–H groups in total. The second-order valence-electron chi connectivity index (χ2n) is 8.99. The van der Waals surface area contributed by atoms with Crippen LogP contribution in [0.2, 0.25) is 5.02 Å². The second kappa shape index (κ2) is 8.13. The lowest BCUT2D eigenvalue weighted by Crippen LogP contribution is -2.27. The Hall–Kier alpha value is -2.49. The molecule has 32 heavy (non-hydrogen) atoms. The van der Waals surface area contributed by atoms with Crippen LogP contribution in [0.5, 0.6) is 0 Å². The Balaban J connectivity index is 1.71. The molecule has 0 saturated carbocycles. The van der Waals surface area contributed by atoms with Crippen molar-refractivity contribution in [1.82, 2.24) is 0 Å². The number of amides is 2. The lowest BCUT2D eigenvalue weighted by molar-refractivity contribution is -0.382. The molecule has 3 aromatic rings. The molecule has 10 heteroatoms. The minimum Gasteiger partial charge on any atom is -0.365 e. The van der Waals surface area contributed by atoms with E-state index in [2.05, 4.69) is 26.1 Å². The summed E-state index contributed by atoms with van der Waals surface area (Å²) in [5.74, 6) is -0.625. The van der Waals surface area contributed by atoms with Crippen LogP contribution >= 0.6 is 34.3 Å². The number of nitrogens with two attached hydrogens (primary N) is 1. The maximum absolute atomic E-state index is 13.1. The van der Waals surface area contributed by atoms with E-state index >= 15 is 0 Å². The van der Waals surface area contributed by atoms with Crippen molar-refractivity contribution in [3.63, 3.8) is 0 Å². The fourth-order valence-corrected chi connectivity index (χ4v) is 7.02. The highest BCUT2D eigenvalue weighted by Crippen LogP contribution is 2.45. The molecule has 0 radical (unpaired) electrons. The van der Waals surface area contributed by atoms with Gasteiger partial charge in [0, 0.05) is 16.3 Å². The van der Waals surface area contributed by atoms with E-state index in [9.17, 15) is 19.7 Å². The highest BCUT2D eigenvalue weighted by molar-refractivity contribution is 7.22. The third-order valence-corrected chi connectivity index (χ3v) is 8.90. The predicted molar refractivity (Wildman–Crippen MR) is 129 cm³/mol. The van der Waals surface area contributed by atoms with Gasteiger partial charge in [0.05, 0.1) is 15.5 Å². The van der Waals surface area contributed by atoms with Gasteiger partial charge in [-0.25, -0.2) is 0 Å². The second-order valence-corrected chi connectivity index (χ2v) is 11.5. The monoisotopic (exact) mass is 491 g/mol. The third kappa shape index (κ3) is 3.89. The number of nitrogens with one attached hydrogen (secondary N) is 1. The number of thiophene rings is 2. The molecule has 2 amide bonds. The van der Waals surface area contributed by atoms with E-state index in [4.69, 9.17) is 17.3 Å². The number of nitro groups is 1. The van der Waals surface area contributed by atoms with E-state index < -0.39 is 16.7 Å². The largest absolute Gasteiger partial charge is 0.365 e. The zero-order valence-electron chi connectivity index (χ0n) is 17.8. The number of anilines is 1. The van der Waals surface area contributed by atoms with Crippen LogP contribution in [0.3, 0.4) is 0 Å². The van der Waals surface area contributed by atoms with Crippen LogP contribution in [-0.2, 0) is 12.8 Å². The first-order chi connectivity index (χ1) is 15.0. The van der Waals surface area contributed by atoms with E-state index in [-0.39, 0.29) is 21.0 Å². The summed E-state index contributed by atoms with van der Waals surface area (Å²) >= 11 is 8.74. The lowest BCUT2D eigenvalue weighted by atomic mass is 9.72. The number of fused-ring (bicyclic) bond motifs is 2. The van der Waals surface area contributed by atoms with Gasteiger partial charge in [0.15, 0.2) is 0 Å². The Morgan fingerprint density at radius 1 is 1.28 bits per heavy atom. The van der Waals surface area contributed by atoms with Gasteiger partial charge in [0.1, 0.15) is 14.6 Å². The minimum atomic E-state index is -0.579. The fourth-order valence-electron chi connectivity index (χ4n) is 4.20. The zero-order chi connectivity index (χ0) is 23.4. The number of carbonyl (C=O) groups excluding carboxylic acids is 2. The first-order valence-electron chi connectivity index (χ1n) is 10.1. The quantitative estimate of drug-likeness (QED) is 0.342. The zero-order valence-corrected chi connectivity index (χ0v) is 20.2. The van der Waals surface area contributed by atoms with Crippen LogP contribution in [0.4, 0.5) is 10.7 Å². The summed E-state index contributed by atoms with van der Waals surface area (Å²) in [6.45, 7) is 6.61. The summed E-state index contributed by atoms with van der Waals surface area (Å²) < 4.78 is 0.335. The van der Waals surface area contributed by atoms with Gasteiger partial charge in [-0.1, -0.05) is 44.5 Å². The number of non-ortho nitro benzene ring substituents is 1. The number of nitro benzene ring substituents is 1. The molecular formula is C22H22ClN3O4S2. The normalized spacial score (nSPS) is 16.1. The SMILES string of the molecule is CC(C)(C)C1CCc2c(sc(NC(=O)c3sc4c([N+](=O)[O-])cccc4c3Cl)c2C(N)=O)C1. The summed E-state index contributed by atoms with van der Waals surface area (Å²) in [5.41, 5.74) is 6.98. The number of rotatable bonds is 4. The van der Waals surface area contributed by atoms with E-state index in [1.807, 2.05) is 0 Å². The van der Waals surface area contributed by atoms with Crippen LogP contribution in [0.25, 0.3) is 10.1 Å². The van der Waals surface area contributed by atoms with Crippen LogP contribution in [-0.4, -0.2) is 16.7 Å². The molecule has 1 aromatic carbocycles. The number of benzene rings is 1. The Morgan fingerprint density at radius 3 is 2.62 bits per heavy atom. The number of carbonyl (C=O) groups is 2. The summed E-state index contributed by atoms with van der Waals surface area (Å²) in [4.78, 5) is 37.4. The highest BCUT2D eigenvalue weighted by Gasteiger charge is 2.34. The molecule has 1 unspecified atom stereocenters. The van der Waals surface area contributed by atoms with Crippen LogP contribution in [0, 0.1) is 21.4 Å². The third-order valence-electron chi connectivity index (χ3n) is 6.00. The van der Waals surface area contributed by atoms with Crippen molar-refractivity contribution < 1.29 is 14.5 Å². The molecule has 0 fully saturated rings. The topological polar surface area (TPSA) is 115 Å². The maximum Gasteiger partial charge on any atom is 0.287 e. The number of nitrogens with zero attached hydrogens (tertiary/aromatic N) is 1. The molecule has 1 atom stereocenters. The van der Waals surface area contributed by atoms with Gasteiger partial charge in [0.2, 0.25) is 0 Å². The van der Waals surface area contributed by atoms with Crippen LogP contribution in [0.15, 0.2) is 18.2 Å². The molecule has 2 heterocycles. The van der Waals surface area contributed by atoms with Crippen LogP contribution in [0.1, 0.15) is 57.7 Å². The number of hydrogen-bond acceptors (Lipinski definition) is 6. The van der Waals surface area contributed by atoms with Crippen molar-refractivity contribution >= 4 is 66.9 Å². The summed E-state index contributed by atoms with van der Waals surface area (Å²) in [7, 11) is 0. The summed E-state index contributed by atoms with van der Waals surface area (Å²) in [5, 5.41) is 15.2. The van der Waals surface area contributed by atoms with Gasteiger partial charge < -0.3 is 11.1 Å². The van der Waals surface area contributed by atoms with E-state index in [1.54, 1.807) is 6.07 Å². The molecule has 4 rings (SSSR count). The molecule has 0 spiro atoms.